The number of Topliss-reactive ketones (excluding diaryl/α,β-unsaturated/α-hetero) is 1. The number of hydrogen-bond acceptors (Lipinski definition) is 1. The summed E-state index contributed by atoms with van der Waals surface area (Å²) in [5, 5.41) is 0. The minimum atomic E-state index is 0.306. The highest BCUT2D eigenvalue weighted by Crippen LogP contribution is 2.45. The molecule has 0 unspecified atom stereocenters. The number of ketones is 1. The van der Waals surface area contributed by atoms with Gasteiger partial charge in [-0.1, -0.05) is 113 Å². The van der Waals surface area contributed by atoms with Crippen LogP contribution in [0.5, 0.6) is 0 Å². The highest BCUT2D eigenvalue weighted by molar-refractivity contribution is 6.32. The third-order valence-corrected chi connectivity index (χ3v) is 6.09. The molecule has 0 radical (unpaired) electrons. The summed E-state index contributed by atoms with van der Waals surface area (Å²) in [6, 6.07) is 21.1. The fourth-order valence-corrected chi connectivity index (χ4v) is 4.49. The second-order valence-electron chi connectivity index (χ2n) is 8.39. The van der Waals surface area contributed by atoms with Gasteiger partial charge in [0.2, 0.25) is 0 Å². The lowest BCUT2D eigenvalue weighted by Crippen LogP contribution is -2.03. The number of carbonyl (C=O) groups is 1. The van der Waals surface area contributed by atoms with E-state index in [1.54, 1.807) is 0 Å². The van der Waals surface area contributed by atoms with Gasteiger partial charge in [0.25, 0.3) is 0 Å². The average Bonchev–Trinajstić information content (AvgIpc) is 3.07. The zero-order valence-electron chi connectivity index (χ0n) is 18.8. The van der Waals surface area contributed by atoms with Crippen LogP contribution < -0.4 is 0 Å². The quantitative estimate of drug-likeness (QED) is 0.327. The molecule has 1 heteroatoms. The van der Waals surface area contributed by atoms with E-state index < -0.39 is 0 Å². The highest BCUT2D eigenvalue weighted by Gasteiger charge is 2.32. The summed E-state index contributed by atoms with van der Waals surface area (Å²) in [6.07, 6.45) is 11.3. The standard InChI is InChI=1S/C29H36O/c1-3-5-7-15-21-25-27(23-17-11-9-12-18-23)28(24-19-13-10-14-20-24)26(29(25)30)22-16-8-6-4-2/h9-14,17-20H,3-8,15-16,21-22H2,1-2H3. The van der Waals surface area contributed by atoms with Crippen LogP contribution in [0.3, 0.4) is 0 Å². The van der Waals surface area contributed by atoms with Crippen molar-refractivity contribution in [3.8, 4) is 0 Å². The van der Waals surface area contributed by atoms with E-state index in [9.17, 15) is 4.79 Å². The maximum atomic E-state index is 13.7. The predicted molar refractivity (Wildman–Crippen MR) is 129 cm³/mol. The van der Waals surface area contributed by atoms with E-state index in [0.717, 1.165) is 36.8 Å². The lowest BCUT2D eigenvalue weighted by atomic mass is 9.90. The summed E-state index contributed by atoms with van der Waals surface area (Å²) in [5.74, 6) is 0.306. The Balaban J connectivity index is 2.03. The van der Waals surface area contributed by atoms with Gasteiger partial charge in [0.15, 0.2) is 5.78 Å². The first kappa shape index (κ1) is 22.3. The molecule has 0 spiro atoms. The lowest BCUT2D eigenvalue weighted by molar-refractivity contribution is -0.112. The van der Waals surface area contributed by atoms with Gasteiger partial charge in [-0.2, -0.15) is 0 Å². The summed E-state index contributed by atoms with van der Waals surface area (Å²) in [7, 11) is 0. The fraction of sp³-hybridized carbons (Fsp3) is 0.414. The Morgan fingerprint density at radius 1 is 0.533 bits per heavy atom. The maximum absolute atomic E-state index is 13.7. The van der Waals surface area contributed by atoms with Crippen molar-refractivity contribution in [3.05, 3.63) is 82.9 Å². The van der Waals surface area contributed by atoms with Crippen molar-refractivity contribution in [1.82, 2.24) is 0 Å². The van der Waals surface area contributed by atoms with Gasteiger partial charge in [0, 0.05) is 11.1 Å². The second kappa shape index (κ2) is 11.7. The predicted octanol–water partition coefficient (Wildman–Crippen LogP) is 8.42. The molecule has 0 amide bonds. The summed E-state index contributed by atoms with van der Waals surface area (Å²) in [4.78, 5) is 13.7. The van der Waals surface area contributed by atoms with Gasteiger partial charge >= 0.3 is 0 Å². The molecule has 1 nitrogen and oxygen atoms in total. The average molecular weight is 401 g/mol. The molecular formula is C29H36O. The van der Waals surface area contributed by atoms with Crippen LogP contribution in [0.4, 0.5) is 0 Å². The molecule has 0 aliphatic heterocycles. The van der Waals surface area contributed by atoms with Crippen molar-refractivity contribution in [3.63, 3.8) is 0 Å². The Bertz CT molecular complexity index is 798. The maximum Gasteiger partial charge on any atom is 0.186 e. The summed E-state index contributed by atoms with van der Waals surface area (Å²) in [5.41, 5.74) is 6.82. The smallest absolute Gasteiger partial charge is 0.186 e. The van der Waals surface area contributed by atoms with Crippen molar-refractivity contribution in [2.75, 3.05) is 0 Å². The Labute approximate surface area is 182 Å². The molecule has 0 aromatic heterocycles. The fourth-order valence-electron chi connectivity index (χ4n) is 4.49. The van der Waals surface area contributed by atoms with Crippen LogP contribution in [0.2, 0.25) is 0 Å². The topological polar surface area (TPSA) is 17.1 Å². The second-order valence-corrected chi connectivity index (χ2v) is 8.39. The van der Waals surface area contributed by atoms with E-state index in [1.807, 2.05) is 0 Å². The summed E-state index contributed by atoms with van der Waals surface area (Å²) in [6.45, 7) is 4.47. The first-order chi connectivity index (χ1) is 14.8. The minimum absolute atomic E-state index is 0.306. The normalized spacial score (nSPS) is 14.1. The van der Waals surface area contributed by atoms with Crippen LogP contribution >= 0.6 is 0 Å². The van der Waals surface area contributed by atoms with Crippen LogP contribution in [0.1, 0.15) is 89.2 Å². The van der Waals surface area contributed by atoms with Gasteiger partial charge in [-0.3, -0.25) is 4.79 Å². The molecule has 0 bridgehead atoms. The number of allylic oxidation sites excluding steroid dienone is 4. The number of hydrogen-bond donors (Lipinski definition) is 0. The zero-order chi connectivity index (χ0) is 21.2. The molecule has 0 saturated carbocycles. The van der Waals surface area contributed by atoms with Crippen molar-refractivity contribution in [1.29, 1.82) is 0 Å². The van der Waals surface area contributed by atoms with E-state index in [0.29, 0.717) is 5.78 Å². The molecule has 3 rings (SSSR count). The molecule has 30 heavy (non-hydrogen) atoms. The van der Waals surface area contributed by atoms with Crippen molar-refractivity contribution >= 4 is 16.9 Å². The summed E-state index contributed by atoms with van der Waals surface area (Å²) >= 11 is 0. The molecule has 2 aromatic carbocycles. The molecular weight excluding hydrogens is 364 g/mol. The van der Waals surface area contributed by atoms with E-state index in [4.69, 9.17) is 0 Å². The monoisotopic (exact) mass is 400 g/mol. The third-order valence-electron chi connectivity index (χ3n) is 6.09. The Hall–Kier alpha value is -2.41. The van der Waals surface area contributed by atoms with Crippen LogP contribution in [0.25, 0.3) is 11.1 Å². The highest BCUT2D eigenvalue weighted by atomic mass is 16.1. The molecule has 1 aliphatic carbocycles. The Kier molecular flexibility index (Phi) is 8.68. The first-order valence-electron chi connectivity index (χ1n) is 11.9. The Morgan fingerprint density at radius 3 is 1.30 bits per heavy atom. The number of benzene rings is 2. The van der Waals surface area contributed by atoms with Gasteiger partial charge in [-0.25, -0.2) is 0 Å². The lowest BCUT2D eigenvalue weighted by Gasteiger charge is -2.13. The van der Waals surface area contributed by atoms with Gasteiger partial charge in [0.1, 0.15) is 0 Å². The molecule has 0 N–H and O–H groups in total. The number of carbonyl (C=O) groups excluding carboxylic acids is 1. The minimum Gasteiger partial charge on any atom is -0.289 e. The molecule has 0 fully saturated rings. The Morgan fingerprint density at radius 2 is 0.933 bits per heavy atom. The van der Waals surface area contributed by atoms with Crippen molar-refractivity contribution < 1.29 is 4.79 Å². The SMILES string of the molecule is CCCCCCC1=C(c2ccccc2)C(c2ccccc2)=C(CCCCCC)C1=O. The van der Waals surface area contributed by atoms with Gasteiger partial charge in [0.05, 0.1) is 0 Å². The van der Waals surface area contributed by atoms with Crippen LogP contribution in [-0.4, -0.2) is 5.78 Å². The van der Waals surface area contributed by atoms with Crippen LogP contribution in [0.15, 0.2) is 71.8 Å². The molecule has 0 heterocycles. The first-order valence-corrected chi connectivity index (χ1v) is 11.9. The van der Waals surface area contributed by atoms with E-state index in [-0.39, 0.29) is 0 Å². The van der Waals surface area contributed by atoms with Crippen molar-refractivity contribution in [2.45, 2.75) is 78.1 Å². The van der Waals surface area contributed by atoms with Crippen LogP contribution in [-0.2, 0) is 4.79 Å². The molecule has 1 aliphatic rings. The summed E-state index contributed by atoms with van der Waals surface area (Å²) < 4.78 is 0. The van der Waals surface area contributed by atoms with E-state index in [1.165, 1.54) is 60.8 Å². The van der Waals surface area contributed by atoms with E-state index in [2.05, 4.69) is 74.5 Å². The molecule has 0 atom stereocenters. The van der Waals surface area contributed by atoms with Gasteiger partial charge < -0.3 is 0 Å². The van der Waals surface area contributed by atoms with E-state index >= 15 is 0 Å². The van der Waals surface area contributed by atoms with Crippen molar-refractivity contribution in [2.24, 2.45) is 0 Å². The third kappa shape index (κ3) is 5.39. The zero-order valence-corrected chi connectivity index (χ0v) is 18.8. The van der Waals surface area contributed by atoms with Crippen LogP contribution in [0, 0.1) is 0 Å². The molecule has 158 valence electrons. The van der Waals surface area contributed by atoms with Gasteiger partial charge in [-0.15, -0.1) is 0 Å². The molecule has 2 aromatic rings. The number of unbranched alkanes of at least 4 members (excludes halogenated alkanes) is 6. The number of rotatable bonds is 12. The van der Waals surface area contributed by atoms with Gasteiger partial charge in [-0.05, 0) is 48.0 Å². The largest absolute Gasteiger partial charge is 0.289 e. The molecule has 0 saturated heterocycles.